The monoisotopic (exact) mass is 304 g/mol. The van der Waals surface area contributed by atoms with Gasteiger partial charge >= 0.3 is 5.97 Å². The van der Waals surface area contributed by atoms with Gasteiger partial charge in [-0.25, -0.2) is 0 Å². The molecule has 0 atom stereocenters. The molecule has 118 valence electrons. The van der Waals surface area contributed by atoms with Crippen LogP contribution in [0.5, 0.6) is 0 Å². The third-order valence-corrected chi connectivity index (χ3v) is 3.50. The summed E-state index contributed by atoms with van der Waals surface area (Å²) in [6, 6.07) is 5.39. The van der Waals surface area contributed by atoms with E-state index in [1.54, 1.807) is 11.0 Å². The number of carbonyl (C=O) groups is 3. The average molecular weight is 304 g/mol. The lowest BCUT2D eigenvalue weighted by molar-refractivity contribution is -0.144. The summed E-state index contributed by atoms with van der Waals surface area (Å²) in [5, 5.41) is 2.66. The minimum absolute atomic E-state index is 0.140. The van der Waals surface area contributed by atoms with Crippen molar-refractivity contribution in [1.29, 1.82) is 0 Å². The van der Waals surface area contributed by atoms with Gasteiger partial charge in [-0.05, 0) is 43.5 Å². The average Bonchev–Trinajstić information content (AvgIpc) is 2.46. The molecule has 1 aromatic carbocycles. The van der Waals surface area contributed by atoms with Crippen molar-refractivity contribution in [3.63, 3.8) is 0 Å². The van der Waals surface area contributed by atoms with Gasteiger partial charge in [0.25, 0.3) is 5.91 Å². The number of hydrogen-bond acceptors (Lipinski definition) is 4. The Hall–Kier alpha value is -2.37. The molecule has 2 rings (SSSR count). The lowest BCUT2D eigenvalue weighted by atomic mass is 10.1. The van der Waals surface area contributed by atoms with Crippen molar-refractivity contribution >= 4 is 29.2 Å². The van der Waals surface area contributed by atoms with Gasteiger partial charge in [0.1, 0.15) is 0 Å². The maximum absolute atomic E-state index is 12.0. The molecule has 2 amide bonds. The second-order valence-electron chi connectivity index (χ2n) is 5.33. The molecular weight excluding hydrogens is 284 g/mol. The molecule has 6 heteroatoms. The molecule has 1 saturated heterocycles. The maximum Gasteiger partial charge on any atom is 0.303 e. The summed E-state index contributed by atoms with van der Waals surface area (Å²) in [6.07, 6.45) is 2.53. The molecule has 0 radical (unpaired) electrons. The first-order chi connectivity index (χ1) is 10.5. The Kier molecular flexibility index (Phi) is 5.14. The topological polar surface area (TPSA) is 75.7 Å². The molecule has 0 bridgehead atoms. The molecule has 0 aliphatic carbocycles. The van der Waals surface area contributed by atoms with Crippen LogP contribution in [-0.4, -0.2) is 30.9 Å². The van der Waals surface area contributed by atoms with Crippen LogP contribution in [0.4, 0.5) is 11.4 Å². The molecule has 0 saturated carbocycles. The third-order valence-electron chi connectivity index (χ3n) is 3.50. The van der Waals surface area contributed by atoms with Gasteiger partial charge in [0.15, 0.2) is 6.61 Å². The van der Waals surface area contributed by atoms with Crippen LogP contribution in [0.2, 0.25) is 0 Å². The molecule has 1 aliphatic rings. The molecule has 1 aliphatic heterocycles. The van der Waals surface area contributed by atoms with Crippen molar-refractivity contribution in [3.05, 3.63) is 23.8 Å². The fourth-order valence-corrected chi connectivity index (χ4v) is 2.46. The fraction of sp³-hybridized carbons (Fsp3) is 0.438. The number of anilines is 2. The Balaban J connectivity index is 2.04. The summed E-state index contributed by atoms with van der Waals surface area (Å²) in [5.74, 6) is -0.748. The minimum Gasteiger partial charge on any atom is -0.456 e. The zero-order valence-corrected chi connectivity index (χ0v) is 12.8. The van der Waals surface area contributed by atoms with E-state index < -0.39 is 11.9 Å². The highest BCUT2D eigenvalue weighted by Crippen LogP contribution is 2.27. The number of nitrogens with zero attached hydrogens (tertiary/aromatic N) is 1. The second kappa shape index (κ2) is 7.06. The van der Waals surface area contributed by atoms with Crippen molar-refractivity contribution in [3.8, 4) is 0 Å². The number of esters is 1. The quantitative estimate of drug-likeness (QED) is 0.863. The van der Waals surface area contributed by atoms with Gasteiger partial charge in [-0.1, -0.05) is 0 Å². The number of rotatable bonds is 4. The summed E-state index contributed by atoms with van der Waals surface area (Å²) in [6.45, 7) is 3.58. The van der Waals surface area contributed by atoms with E-state index in [0.717, 1.165) is 30.6 Å². The number of carbonyl (C=O) groups excluding carboxylic acids is 3. The zero-order chi connectivity index (χ0) is 16.1. The molecule has 1 aromatic rings. The number of nitrogens with one attached hydrogen (secondary N) is 1. The molecule has 22 heavy (non-hydrogen) atoms. The Labute approximate surface area is 129 Å². The molecule has 6 nitrogen and oxygen atoms in total. The highest BCUT2D eigenvalue weighted by atomic mass is 16.5. The molecule has 0 spiro atoms. The third kappa shape index (κ3) is 4.07. The molecular formula is C16H20N2O4. The van der Waals surface area contributed by atoms with Gasteiger partial charge < -0.3 is 15.0 Å². The first-order valence-electron chi connectivity index (χ1n) is 7.31. The van der Waals surface area contributed by atoms with Crippen molar-refractivity contribution in [2.24, 2.45) is 0 Å². The molecule has 1 heterocycles. The molecule has 0 unspecified atom stereocenters. The molecule has 1 fully saturated rings. The van der Waals surface area contributed by atoms with E-state index in [1.165, 1.54) is 6.92 Å². The van der Waals surface area contributed by atoms with Gasteiger partial charge in [0.05, 0.1) is 0 Å². The van der Waals surface area contributed by atoms with E-state index in [9.17, 15) is 14.4 Å². The largest absolute Gasteiger partial charge is 0.456 e. The number of aryl methyl sites for hydroxylation is 1. The fourth-order valence-electron chi connectivity index (χ4n) is 2.46. The van der Waals surface area contributed by atoms with Crippen molar-refractivity contribution in [2.75, 3.05) is 23.4 Å². The van der Waals surface area contributed by atoms with E-state index in [0.29, 0.717) is 12.1 Å². The number of amides is 2. The smallest absolute Gasteiger partial charge is 0.303 e. The lowest BCUT2D eigenvalue weighted by Crippen LogP contribution is -2.35. The van der Waals surface area contributed by atoms with Crippen LogP contribution in [-0.2, 0) is 19.1 Å². The lowest BCUT2D eigenvalue weighted by Gasteiger charge is -2.28. The first-order valence-corrected chi connectivity index (χ1v) is 7.31. The summed E-state index contributed by atoms with van der Waals surface area (Å²) >= 11 is 0. The summed E-state index contributed by atoms with van der Waals surface area (Å²) in [4.78, 5) is 36.0. The Morgan fingerprint density at radius 3 is 2.73 bits per heavy atom. The van der Waals surface area contributed by atoms with Crippen molar-refractivity contribution in [2.45, 2.75) is 33.1 Å². The van der Waals surface area contributed by atoms with Crippen LogP contribution in [0, 0.1) is 6.92 Å². The molecule has 1 N–H and O–H groups in total. The van der Waals surface area contributed by atoms with Gasteiger partial charge in [-0.3, -0.25) is 14.4 Å². The SMILES string of the molecule is CC(=O)OCC(=O)Nc1ccc(N2CCCCC2=O)c(C)c1. The molecule has 0 aromatic heterocycles. The van der Waals surface area contributed by atoms with Crippen LogP contribution in [0.15, 0.2) is 18.2 Å². The van der Waals surface area contributed by atoms with Crippen LogP contribution >= 0.6 is 0 Å². The van der Waals surface area contributed by atoms with Crippen LogP contribution in [0.3, 0.4) is 0 Å². The second-order valence-corrected chi connectivity index (χ2v) is 5.33. The van der Waals surface area contributed by atoms with Crippen LogP contribution in [0.1, 0.15) is 31.7 Å². The number of ether oxygens (including phenoxy) is 1. The standard InChI is InChI=1S/C16H20N2O4/c1-11-9-13(17-15(20)10-22-12(2)19)6-7-14(11)18-8-4-3-5-16(18)21/h6-7,9H,3-5,8,10H2,1-2H3,(H,17,20). The Morgan fingerprint density at radius 2 is 2.09 bits per heavy atom. The van der Waals surface area contributed by atoms with E-state index in [4.69, 9.17) is 0 Å². The van der Waals surface area contributed by atoms with Crippen LogP contribution in [0.25, 0.3) is 0 Å². The van der Waals surface area contributed by atoms with Gasteiger partial charge in [-0.15, -0.1) is 0 Å². The van der Waals surface area contributed by atoms with Crippen LogP contribution < -0.4 is 10.2 Å². The summed E-state index contributed by atoms with van der Waals surface area (Å²) in [7, 11) is 0. The predicted molar refractivity (Wildman–Crippen MR) is 82.6 cm³/mol. The van der Waals surface area contributed by atoms with E-state index in [1.807, 2.05) is 19.1 Å². The number of piperidine rings is 1. The number of benzene rings is 1. The van der Waals surface area contributed by atoms with Crippen molar-refractivity contribution < 1.29 is 19.1 Å². The van der Waals surface area contributed by atoms with Gasteiger partial charge in [0.2, 0.25) is 5.91 Å². The van der Waals surface area contributed by atoms with Crippen molar-refractivity contribution in [1.82, 2.24) is 0 Å². The van der Waals surface area contributed by atoms with Gasteiger partial charge in [0, 0.05) is 31.3 Å². The zero-order valence-electron chi connectivity index (χ0n) is 12.8. The minimum atomic E-state index is -0.495. The van der Waals surface area contributed by atoms with E-state index >= 15 is 0 Å². The highest BCUT2D eigenvalue weighted by molar-refractivity contribution is 5.96. The number of hydrogen-bond donors (Lipinski definition) is 1. The Morgan fingerprint density at radius 1 is 1.32 bits per heavy atom. The first kappa shape index (κ1) is 16.0. The van der Waals surface area contributed by atoms with E-state index in [-0.39, 0.29) is 12.5 Å². The van der Waals surface area contributed by atoms with Gasteiger partial charge in [-0.2, -0.15) is 0 Å². The summed E-state index contributed by atoms with van der Waals surface area (Å²) < 4.78 is 4.64. The Bertz CT molecular complexity index is 598. The van der Waals surface area contributed by atoms with E-state index in [2.05, 4.69) is 10.1 Å². The normalized spacial score (nSPS) is 14.6. The maximum atomic E-state index is 12.0. The summed E-state index contributed by atoms with van der Waals surface area (Å²) in [5.41, 5.74) is 2.41. The predicted octanol–water partition coefficient (Wildman–Crippen LogP) is 2.01. The highest BCUT2D eigenvalue weighted by Gasteiger charge is 2.21.